The van der Waals surface area contributed by atoms with Crippen molar-refractivity contribution < 1.29 is 9.66 Å². The number of rotatable bonds is 5. The molecule has 1 saturated carbocycles. The number of nitrogens with one attached hydrogen (secondary N) is 1. The fraction of sp³-hybridized carbons (Fsp3) is 0.625. The summed E-state index contributed by atoms with van der Waals surface area (Å²) in [6.45, 7) is 4.57. The number of hydrogen-bond donors (Lipinski definition) is 1. The largest absolute Gasteiger partial charge is 0.490 e. The SMILES string of the molecule is COc1ccc(NC2CCC(C(C)C)CC2)cc1[N+](=O)[O-]. The maximum absolute atomic E-state index is 11.0. The quantitative estimate of drug-likeness (QED) is 0.651. The highest BCUT2D eigenvalue weighted by Gasteiger charge is 2.24. The zero-order valence-corrected chi connectivity index (χ0v) is 13.0. The van der Waals surface area contributed by atoms with Crippen LogP contribution in [0.25, 0.3) is 0 Å². The average molecular weight is 292 g/mol. The molecule has 1 aliphatic rings. The predicted molar refractivity (Wildman–Crippen MR) is 83.9 cm³/mol. The Bertz CT molecular complexity index is 494. The highest BCUT2D eigenvalue weighted by atomic mass is 16.6. The number of hydrogen-bond acceptors (Lipinski definition) is 4. The van der Waals surface area contributed by atoms with Crippen LogP contribution >= 0.6 is 0 Å². The first-order chi connectivity index (χ1) is 10.0. The number of methoxy groups -OCH3 is 1. The number of anilines is 1. The molecule has 5 heteroatoms. The molecule has 21 heavy (non-hydrogen) atoms. The Balaban J connectivity index is 2.01. The van der Waals surface area contributed by atoms with Gasteiger partial charge in [0, 0.05) is 17.8 Å². The summed E-state index contributed by atoms with van der Waals surface area (Å²) in [5.41, 5.74) is 0.814. The van der Waals surface area contributed by atoms with Gasteiger partial charge in [-0.15, -0.1) is 0 Å². The summed E-state index contributed by atoms with van der Waals surface area (Å²) >= 11 is 0. The molecule has 0 bridgehead atoms. The number of nitrogens with zero attached hydrogens (tertiary/aromatic N) is 1. The summed E-state index contributed by atoms with van der Waals surface area (Å²) in [4.78, 5) is 10.6. The molecule has 0 atom stereocenters. The fourth-order valence-electron chi connectivity index (χ4n) is 3.09. The molecule has 0 aromatic heterocycles. The summed E-state index contributed by atoms with van der Waals surface area (Å²) in [6, 6.07) is 5.47. The van der Waals surface area contributed by atoms with Gasteiger partial charge in [0.05, 0.1) is 12.0 Å². The van der Waals surface area contributed by atoms with Gasteiger partial charge in [0.2, 0.25) is 0 Å². The number of ether oxygens (including phenoxy) is 1. The van der Waals surface area contributed by atoms with Crippen molar-refractivity contribution in [1.82, 2.24) is 0 Å². The third-order valence-electron chi connectivity index (χ3n) is 4.46. The molecule has 1 fully saturated rings. The fourth-order valence-corrected chi connectivity index (χ4v) is 3.09. The second-order valence-electron chi connectivity index (χ2n) is 6.14. The first-order valence-electron chi connectivity index (χ1n) is 7.60. The smallest absolute Gasteiger partial charge is 0.312 e. The molecule has 116 valence electrons. The van der Waals surface area contributed by atoms with E-state index in [-0.39, 0.29) is 5.69 Å². The Labute approximate surface area is 125 Å². The lowest BCUT2D eigenvalue weighted by atomic mass is 9.79. The van der Waals surface area contributed by atoms with E-state index in [1.54, 1.807) is 12.1 Å². The maximum atomic E-state index is 11.0. The molecule has 0 spiro atoms. The number of nitro benzene ring substituents is 1. The van der Waals surface area contributed by atoms with Crippen LogP contribution in [0, 0.1) is 22.0 Å². The topological polar surface area (TPSA) is 64.4 Å². The Hall–Kier alpha value is -1.78. The van der Waals surface area contributed by atoms with Gasteiger partial charge in [-0.05, 0) is 49.7 Å². The van der Waals surface area contributed by atoms with E-state index in [1.165, 1.54) is 20.0 Å². The lowest BCUT2D eigenvalue weighted by molar-refractivity contribution is -0.385. The second kappa shape index (κ2) is 6.78. The minimum absolute atomic E-state index is 0.0124. The van der Waals surface area contributed by atoms with Gasteiger partial charge in [-0.2, -0.15) is 0 Å². The van der Waals surface area contributed by atoms with Gasteiger partial charge >= 0.3 is 5.69 Å². The van der Waals surface area contributed by atoms with Crippen LogP contribution in [0.5, 0.6) is 5.75 Å². The molecule has 0 heterocycles. The normalized spacial score (nSPS) is 22.1. The van der Waals surface area contributed by atoms with Crippen LogP contribution in [-0.4, -0.2) is 18.1 Å². The summed E-state index contributed by atoms with van der Waals surface area (Å²) in [5.74, 6) is 1.86. The first-order valence-corrected chi connectivity index (χ1v) is 7.60. The van der Waals surface area contributed by atoms with Crippen LogP contribution in [0.2, 0.25) is 0 Å². The van der Waals surface area contributed by atoms with Gasteiger partial charge in [-0.1, -0.05) is 13.8 Å². The summed E-state index contributed by atoms with van der Waals surface area (Å²) < 4.78 is 5.02. The predicted octanol–water partition coefficient (Wildman–Crippen LogP) is 4.23. The Morgan fingerprint density at radius 3 is 2.48 bits per heavy atom. The van der Waals surface area contributed by atoms with Crippen LogP contribution in [0.15, 0.2) is 18.2 Å². The van der Waals surface area contributed by atoms with Crippen LogP contribution < -0.4 is 10.1 Å². The zero-order chi connectivity index (χ0) is 15.4. The third-order valence-corrected chi connectivity index (χ3v) is 4.46. The van der Waals surface area contributed by atoms with Crippen molar-refractivity contribution in [2.24, 2.45) is 11.8 Å². The molecular formula is C16H24N2O3. The molecule has 1 N–H and O–H groups in total. The van der Waals surface area contributed by atoms with Gasteiger partial charge in [-0.25, -0.2) is 0 Å². The van der Waals surface area contributed by atoms with Crippen molar-refractivity contribution >= 4 is 11.4 Å². The van der Waals surface area contributed by atoms with Gasteiger partial charge in [0.1, 0.15) is 0 Å². The summed E-state index contributed by atoms with van der Waals surface area (Å²) in [6.07, 6.45) is 4.71. The van der Waals surface area contributed by atoms with Gasteiger partial charge in [-0.3, -0.25) is 10.1 Å². The van der Waals surface area contributed by atoms with Crippen LogP contribution in [-0.2, 0) is 0 Å². The minimum atomic E-state index is -0.403. The van der Waals surface area contributed by atoms with Crippen molar-refractivity contribution in [3.8, 4) is 5.75 Å². The number of nitro groups is 1. The third kappa shape index (κ3) is 3.86. The van der Waals surface area contributed by atoms with Crippen molar-refractivity contribution in [2.45, 2.75) is 45.6 Å². The average Bonchev–Trinajstić information content (AvgIpc) is 2.47. The number of benzene rings is 1. The molecule has 0 radical (unpaired) electrons. The van der Waals surface area contributed by atoms with Crippen LogP contribution in [0.3, 0.4) is 0 Å². The van der Waals surface area contributed by atoms with E-state index >= 15 is 0 Å². The Morgan fingerprint density at radius 2 is 1.95 bits per heavy atom. The molecule has 1 aromatic rings. The van der Waals surface area contributed by atoms with Gasteiger partial charge in [0.25, 0.3) is 0 Å². The van der Waals surface area contributed by atoms with Gasteiger partial charge < -0.3 is 10.1 Å². The van der Waals surface area contributed by atoms with Crippen molar-refractivity contribution in [2.75, 3.05) is 12.4 Å². The Kier molecular flexibility index (Phi) is 5.04. The molecule has 1 aliphatic carbocycles. The van der Waals surface area contributed by atoms with E-state index in [1.807, 2.05) is 6.07 Å². The second-order valence-corrected chi connectivity index (χ2v) is 6.14. The molecule has 0 saturated heterocycles. The van der Waals surface area contributed by atoms with Crippen LogP contribution in [0.4, 0.5) is 11.4 Å². The first kappa shape index (κ1) is 15.6. The summed E-state index contributed by atoms with van der Waals surface area (Å²) in [5, 5.41) is 14.5. The Morgan fingerprint density at radius 1 is 1.29 bits per heavy atom. The molecule has 2 rings (SSSR count). The van der Waals surface area contributed by atoms with Gasteiger partial charge in [0.15, 0.2) is 5.75 Å². The highest BCUT2D eigenvalue weighted by Crippen LogP contribution is 2.33. The standard InChI is InChI=1S/C16H24N2O3/c1-11(2)12-4-6-13(7-5-12)17-14-8-9-16(21-3)15(10-14)18(19)20/h8-13,17H,4-7H2,1-3H3. The zero-order valence-electron chi connectivity index (χ0n) is 13.0. The molecule has 5 nitrogen and oxygen atoms in total. The van der Waals surface area contributed by atoms with E-state index in [0.717, 1.165) is 30.4 Å². The lowest BCUT2D eigenvalue weighted by Gasteiger charge is -2.31. The molecule has 0 unspecified atom stereocenters. The van der Waals surface area contributed by atoms with E-state index in [2.05, 4.69) is 19.2 Å². The van der Waals surface area contributed by atoms with E-state index in [4.69, 9.17) is 4.74 Å². The van der Waals surface area contributed by atoms with E-state index in [9.17, 15) is 10.1 Å². The van der Waals surface area contributed by atoms with Crippen molar-refractivity contribution in [3.05, 3.63) is 28.3 Å². The molecular weight excluding hydrogens is 268 g/mol. The minimum Gasteiger partial charge on any atom is -0.490 e. The lowest BCUT2D eigenvalue weighted by Crippen LogP contribution is -2.27. The van der Waals surface area contributed by atoms with E-state index in [0.29, 0.717) is 11.8 Å². The highest BCUT2D eigenvalue weighted by molar-refractivity contribution is 5.58. The summed E-state index contributed by atoms with van der Waals surface area (Å²) in [7, 11) is 1.45. The molecule has 0 aliphatic heterocycles. The molecule has 0 amide bonds. The van der Waals surface area contributed by atoms with Crippen molar-refractivity contribution in [3.63, 3.8) is 0 Å². The maximum Gasteiger partial charge on any atom is 0.312 e. The molecule has 1 aromatic carbocycles. The van der Waals surface area contributed by atoms with Crippen molar-refractivity contribution in [1.29, 1.82) is 0 Å². The monoisotopic (exact) mass is 292 g/mol. The van der Waals surface area contributed by atoms with E-state index < -0.39 is 4.92 Å². The van der Waals surface area contributed by atoms with Crippen LogP contribution in [0.1, 0.15) is 39.5 Å².